The summed E-state index contributed by atoms with van der Waals surface area (Å²) in [5.74, 6) is 0.0482. The van der Waals surface area contributed by atoms with E-state index < -0.39 is 5.97 Å². The highest BCUT2D eigenvalue weighted by Gasteiger charge is 2.39. The van der Waals surface area contributed by atoms with Crippen LogP contribution in [0.5, 0.6) is 11.5 Å². The van der Waals surface area contributed by atoms with Crippen molar-refractivity contribution in [3.05, 3.63) is 34.7 Å². The highest BCUT2D eigenvalue weighted by molar-refractivity contribution is 7.14. The summed E-state index contributed by atoms with van der Waals surface area (Å²) in [6.45, 7) is 0.000609. The molecule has 1 aromatic carbocycles. The smallest absolute Gasteiger partial charge is 0.307 e. The number of imide groups is 1. The minimum atomic E-state index is -0.465. The number of rotatable bonds is 7. The average molecular weight is 429 g/mol. The standard InChI is InChI=1S/C22H23NO6S/c1-27-17-11-13(7-8-16(17)29-14-5-3-4-6-14)20-19-15(12-30-20)21(25)23(22(19)26)10-9-18(24)28-2/h7-8,11-12,14H,3-6,9-10H2,1-2H3. The predicted molar refractivity (Wildman–Crippen MR) is 111 cm³/mol. The van der Waals surface area contributed by atoms with E-state index in [1.54, 1.807) is 12.5 Å². The van der Waals surface area contributed by atoms with Gasteiger partial charge >= 0.3 is 5.97 Å². The van der Waals surface area contributed by atoms with E-state index in [0.717, 1.165) is 23.3 Å². The summed E-state index contributed by atoms with van der Waals surface area (Å²) in [5.41, 5.74) is 1.53. The van der Waals surface area contributed by atoms with Crippen molar-refractivity contribution >= 4 is 29.1 Å². The van der Waals surface area contributed by atoms with Gasteiger partial charge in [-0.2, -0.15) is 0 Å². The van der Waals surface area contributed by atoms with Crippen molar-refractivity contribution in [2.24, 2.45) is 0 Å². The van der Waals surface area contributed by atoms with Crippen LogP contribution in [0, 0.1) is 0 Å². The number of ether oxygens (including phenoxy) is 3. The summed E-state index contributed by atoms with van der Waals surface area (Å²) in [5, 5.41) is 1.69. The summed E-state index contributed by atoms with van der Waals surface area (Å²) in [4.78, 5) is 38.8. The van der Waals surface area contributed by atoms with E-state index in [1.807, 2.05) is 18.2 Å². The first-order valence-electron chi connectivity index (χ1n) is 9.93. The van der Waals surface area contributed by atoms with Gasteiger partial charge in [0.15, 0.2) is 11.5 Å². The number of carbonyl (C=O) groups excluding carboxylic acids is 3. The van der Waals surface area contributed by atoms with E-state index in [-0.39, 0.29) is 30.9 Å². The molecule has 2 heterocycles. The second-order valence-corrected chi connectivity index (χ2v) is 8.21. The van der Waals surface area contributed by atoms with Gasteiger partial charge in [0.05, 0.1) is 37.9 Å². The van der Waals surface area contributed by atoms with Crippen LogP contribution in [0.15, 0.2) is 23.6 Å². The van der Waals surface area contributed by atoms with E-state index in [9.17, 15) is 14.4 Å². The number of esters is 1. The monoisotopic (exact) mass is 429 g/mol. The molecular weight excluding hydrogens is 406 g/mol. The lowest BCUT2D eigenvalue weighted by Gasteiger charge is -2.17. The van der Waals surface area contributed by atoms with Crippen molar-refractivity contribution in [3.63, 3.8) is 0 Å². The molecule has 2 aliphatic rings. The van der Waals surface area contributed by atoms with Crippen LogP contribution in [0.1, 0.15) is 52.8 Å². The van der Waals surface area contributed by atoms with Crippen molar-refractivity contribution in [2.45, 2.75) is 38.2 Å². The Hall–Kier alpha value is -2.87. The van der Waals surface area contributed by atoms with Crippen molar-refractivity contribution in [2.75, 3.05) is 20.8 Å². The third kappa shape index (κ3) is 3.67. The van der Waals surface area contributed by atoms with E-state index in [1.165, 1.54) is 31.3 Å². The third-order valence-electron chi connectivity index (χ3n) is 5.51. The molecule has 158 valence electrons. The van der Waals surface area contributed by atoms with Gasteiger partial charge < -0.3 is 14.2 Å². The number of hydrogen-bond donors (Lipinski definition) is 0. The lowest BCUT2D eigenvalue weighted by molar-refractivity contribution is -0.140. The number of hydrogen-bond acceptors (Lipinski definition) is 7. The summed E-state index contributed by atoms with van der Waals surface area (Å²) in [7, 11) is 2.86. The van der Waals surface area contributed by atoms with E-state index in [0.29, 0.717) is 27.5 Å². The maximum atomic E-state index is 12.9. The van der Waals surface area contributed by atoms with Crippen LogP contribution in [0.3, 0.4) is 0 Å². The lowest BCUT2D eigenvalue weighted by Crippen LogP contribution is -2.32. The fraction of sp³-hybridized carbons (Fsp3) is 0.409. The summed E-state index contributed by atoms with van der Waals surface area (Å²) in [6.07, 6.45) is 4.61. The molecule has 4 rings (SSSR count). The van der Waals surface area contributed by atoms with Gasteiger partial charge in [-0.15, -0.1) is 11.3 Å². The average Bonchev–Trinajstić information content (AvgIpc) is 3.47. The first-order valence-corrected chi connectivity index (χ1v) is 10.8. The van der Waals surface area contributed by atoms with Crippen molar-refractivity contribution in [1.29, 1.82) is 0 Å². The summed E-state index contributed by atoms with van der Waals surface area (Å²) < 4.78 is 16.2. The molecule has 0 atom stereocenters. The van der Waals surface area contributed by atoms with Gasteiger partial charge in [0, 0.05) is 16.8 Å². The molecule has 0 N–H and O–H groups in total. The van der Waals surface area contributed by atoms with Crippen molar-refractivity contribution in [3.8, 4) is 21.9 Å². The maximum absolute atomic E-state index is 12.9. The Bertz CT molecular complexity index is 992. The second-order valence-electron chi connectivity index (χ2n) is 7.33. The van der Waals surface area contributed by atoms with Gasteiger partial charge in [-0.1, -0.05) is 0 Å². The van der Waals surface area contributed by atoms with Crippen LogP contribution >= 0.6 is 11.3 Å². The molecule has 0 radical (unpaired) electrons. The normalized spacial score (nSPS) is 16.1. The second kappa shape index (κ2) is 8.47. The molecule has 0 saturated heterocycles. The van der Waals surface area contributed by atoms with Crippen LogP contribution in [0.2, 0.25) is 0 Å². The van der Waals surface area contributed by atoms with Gasteiger partial charge in [-0.3, -0.25) is 19.3 Å². The fourth-order valence-corrected chi connectivity index (χ4v) is 4.95. The maximum Gasteiger partial charge on any atom is 0.307 e. The molecule has 2 aromatic rings. The highest BCUT2D eigenvalue weighted by Crippen LogP contribution is 2.41. The predicted octanol–water partition coefficient (Wildman–Crippen LogP) is 3.90. The number of amides is 2. The first kappa shape index (κ1) is 20.4. The zero-order valence-corrected chi connectivity index (χ0v) is 17.8. The third-order valence-corrected chi connectivity index (χ3v) is 6.54. The molecule has 2 amide bonds. The SMILES string of the molecule is COC(=O)CCN1C(=O)c2csc(-c3ccc(OC4CCCC4)c(OC)c3)c2C1=O. The number of nitrogens with zero attached hydrogens (tertiary/aromatic N) is 1. The van der Waals surface area contributed by atoms with E-state index in [2.05, 4.69) is 4.74 Å². The molecule has 1 aliphatic carbocycles. The number of thiophene rings is 1. The van der Waals surface area contributed by atoms with E-state index in [4.69, 9.17) is 9.47 Å². The molecule has 30 heavy (non-hydrogen) atoms. The molecule has 1 saturated carbocycles. The Morgan fingerprint density at radius 2 is 1.90 bits per heavy atom. The van der Waals surface area contributed by atoms with Gasteiger partial charge in [0.25, 0.3) is 11.8 Å². The molecule has 7 nitrogen and oxygen atoms in total. The molecule has 0 unspecified atom stereocenters. The Morgan fingerprint density at radius 1 is 1.13 bits per heavy atom. The van der Waals surface area contributed by atoms with Gasteiger partial charge in [-0.05, 0) is 49.4 Å². The van der Waals surface area contributed by atoms with Crippen molar-refractivity contribution < 1.29 is 28.6 Å². The number of methoxy groups -OCH3 is 2. The van der Waals surface area contributed by atoms with Crippen LogP contribution in [0.4, 0.5) is 0 Å². The molecule has 1 fully saturated rings. The lowest BCUT2D eigenvalue weighted by atomic mass is 10.1. The largest absolute Gasteiger partial charge is 0.493 e. The summed E-state index contributed by atoms with van der Waals surface area (Å²) >= 11 is 1.35. The molecule has 1 aliphatic heterocycles. The highest BCUT2D eigenvalue weighted by atomic mass is 32.1. The fourth-order valence-electron chi connectivity index (χ4n) is 3.91. The Balaban J connectivity index is 1.60. The number of fused-ring (bicyclic) bond motifs is 1. The first-order chi connectivity index (χ1) is 14.5. The zero-order valence-electron chi connectivity index (χ0n) is 16.9. The van der Waals surface area contributed by atoms with Gasteiger partial charge in [-0.25, -0.2) is 0 Å². The van der Waals surface area contributed by atoms with Crippen LogP contribution in [-0.2, 0) is 9.53 Å². The molecule has 0 spiro atoms. The number of benzene rings is 1. The van der Waals surface area contributed by atoms with E-state index >= 15 is 0 Å². The Morgan fingerprint density at radius 3 is 2.60 bits per heavy atom. The molecule has 0 bridgehead atoms. The quantitative estimate of drug-likeness (QED) is 0.490. The molecule has 8 heteroatoms. The van der Waals surface area contributed by atoms with Crippen LogP contribution in [0.25, 0.3) is 10.4 Å². The Kier molecular flexibility index (Phi) is 5.76. The topological polar surface area (TPSA) is 82.1 Å². The molecular formula is C22H23NO6S. The van der Waals surface area contributed by atoms with Crippen LogP contribution < -0.4 is 9.47 Å². The minimum Gasteiger partial charge on any atom is -0.493 e. The minimum absolute atomic E-state index is 0.000609. The van der Waals surface area contributed by atoms with Gasteiger partial charge in [0.1, 0.15) is 0 Å². The van der Waals surface area contributed by atoms with Gasteiger partial charge in [0.2, 0.25) is 0 Å². The van der Waals surface area contributed by atoms with Crippen LogP contribution in [-0.4, -0.2) is 49.6 Å². The molecule has 1 aromatic heterocycles. The summed E-state index contributed by atoms with van der Waals surface area (Å²) in [6, 6.07) is 5.58. The number of carbonyl (C=O) groups is 3. The Labute approximate surface area is 178 Å². The van der Waals surface area contributed by atoms with Crippen molar-refractivity contribution in [1.82, 2.24) is 4.90 Å². The zero-order chi connectivity index (χ0) is 21.3.